The van der Waals surface area contributed by atoms with Crippen molar-refractivity contribution in [2.45, 2.75) is 25.7 Å². The van der Waals surface area contributed by atoms with Crippen molar-refractivity contribution >= 4 is 33.4 Å². The molecular weight excluding hydrogens is 366 g/mol. The van der Waals surface area contributed by atoms with Crippen LogP contribution in [-0.2, 0) is 11.2 Å². The van der Waals surface area contributed by atoms with Crippen LogP contribution in [0.25, 0.3) is 0 Å². The van der Waals surface area contributed by atoms with Gasteiger partial charge in [0.2, 0.25) is 5.91 Å². The molecule has 1 amide bonds. The van der Waals surface area contributed by atoms with Gasteiger partial charge in [0.05, 0.1) is 0 Å². The predicted octanol–water partition coefficient (Wildman–Crippen LogP) is 5.01. The Morgan fingerprint density at radius 3 is 2.18 bits per heavy atom. The second kappa shape index (κ2) is 11.2. The molecule has 0 aliphatic rings. The topological polar surface area (TPSA) is 49.3 Å². The number of hydrogen-bond acceptors (Lipinski definition) is 2. The summed E-state index contributed by atoms with van der Waals surface area (Å²) in [6.07, 6.45) is 2.99. The molecule has 2 rings (SSSR count). The van der Waals surface area contributed by atoms with Gasteiger partial charge in [0.25, 0.3) is 0 Å². The highest BCUT2D eigenvalue weighted by atomic mass is 79.9. The first-order chi connectivity index (χ1) is 10.6. The number of carbonyl (C=O) groups excluding carboxylic acids is 1. The summed E-state index contributed by atoms with van der Waals surface area (Å²) in [6, 6.07) is 17.6. The van der Waals surface area contributed by atoms with Crippen molar-refractivity contribution in [1.82, 2.24) is 5.48 Å². The van der Waals surface area contributed by atoms with E-state index >= 15 is 0 Å². The summed E-state index contributed by atoms with van der Waals surface area (Å²) in [5.74, 6) is -0.328. The zero-order valence-electron chi connectivity index (χ0n) is 12.1. The maximum Gasteiger partial charge on any atom is 0.243 e. The van der Waals surface area contributed by atoms with Crippen molar-refractivity contribution in [3.05, 3.63) is 69.7 Å². The minimum Gasteiger partial charge on any atom is -0.289 e. The quantitative estimate of drug-likeness (QED) is 0.432. The van der Waals surface area contributed by atoms with Gasteiger partial charge in [-0.25, -0.2) is 5.48 Å². The van der Waals surface area contributed by atoms with E-state index in [0.717, 1.165) is 28.8 Å². The molecule has 2 aromatic carbocycles. The third kappa shape index (κ3) is 8.82. The van der Waals surface area contributed by atoms with Gasteiger partial charge in [0.15, 0.2) is 0 Å². The summed E-state index contributed by atoms with van der Waals surface area (Å²) >= 11 is 9.06. The van der Waals surface area contributed by atoms with E-state index in [2.05, 4.69) is 15.9 Å². The number of hydrogen-bond donors (Lipinski definition) is 2. The number of nitrogens with one attached hydrogen (secondary N) is 1. The number of rotatable bonds is 5. The van der Waals surface area contributed by atoms with Gasteiger partial charge in [-0.15, -0.1) is 0 Å². The fraction of sp³-hybridized carbons (Fsp3) is 0.235. The normalized spacial score (nSPS) is 9.59. The van der Waals surface area contributed by atoms with Crippen molar-refractivity contribution in [1.29, 1.82) is 0 Å². The molecule has 3 nitrogen and oxygen atoms in total. The molecule has 22 heavy (non-hydrogen) atoms. The van der Waals surface area contributed by atoms with Crippen LogP contribution in [0.4, 0.5) is 0 Å². The minimum absolute atomic E-state index is 0.328. The van der Waals surface area contributed by atoms with Gasteiger partial charge in [-0.05, 0) is 49.1 Å². The molecule has 0 saturated heterocycles. The van der Waals surface area contributed by atoms with E-state index in [9.17, 15) is 4.79 Å². The van der Waals surface area contributed by atoms with Gasteiger partial charge in [-0.2, -0.15) is 0 Å². The molecule has 0 heterocycles. The van der Waals surface area contributed by atoms with Crippen LogP contribution < -0.4 is 5.48 Å². The van der Waals surface area contributed by atoms with Crippen LogP contribution in [0.15, 0.2) is 59.1 Å². The fourth-order valence-electron chi connectivity index (χ4n) is 1.74. The zero-order chi connectivity index (χ0) is 16.2. The maximum atomic E-state index is 10.7. The van der Waals surface area contributed by atoms with E-state index in [1.54, 1.807) is 5.48 Å². The van der Waals surface area contributed by atoms with Gasteiger partial charge in [-0.3, -0.25) is 10.0 Å². The first-order valence-electron chi connectivity index (χ1n) is 6.99. The zero-order valence-corrected chi connectivity index (χ0v) is 14.5. The molecule has 0 aliphatic heterocycles. The largest absolute Gasteiger partial charge is 0.289 e. The van der Waals surface area contributed by atoms with Crippen LogP contribution >= 0.6 is 27.5 Å². The predicted molar refractivity (Wildman–Crippen MR) is 93.1 cm³/mol. The van der Waals surface area contributed by atoms with Crippen LogP contribution in [0.5, 0.6) is 0 Å². The summed E-state index contributed by atoms with van der Waals surface area (Å²) in [6.45, 7) is 0. The number of aryl methyl sites for hydroxylation is 1. The average molecular weight is 385 g/mol. The molecule has 0 bridgehead atoms. The molecule has 0 atom stereocenters. The summed E-state index contributed by atoms with van der Waals surface area (Å²) in [4.78, 5) is 10.7. The lowest BCUT2D eigenvalue weighted by Gasteiger charge is -2.01. The van der Waals surface area contributed by atoms with Crippen molar-refractivity contribution in [3.8, 4) is 0 Å². The van der Waals surface area contributed by atoms with Gasteiger partial charge < -0.3 is 0 Å². The summed E-state index contributed by atoms with van der Waals surface area (Å²) in [5.41, 5.74) is 2.83. The van der Waals surface area contributed by atoms with E-state index in [-0.39, 0.29) is 5.91 Å². The lowest BCUT2D eigenvalue weighted by molar-refractivity contribution is -0.129. The van der Waals surface area contributed by atoms with Crippen molar-refractivity contribution in [2.24, 2.45) is 0 Å². The molecule has 118 valence electrons. The van der Waals surface area contributed by atoms with Gasteiger partial charge in [0.1, 0.15) is 0 Å². The van der Waals surface area contributed by atoms with Crippen molar-refractivity contribution in [2.75, 3.05) is 0 Å². The highest BCUT2D eigenvalue weighted by Crippen LogP contribution is 2.12. The Hall–Kier alpha value is -1.36. The Bertz CT molecular complexity index is 546. The average Bonchev–Trinajstić information content (AvgIpc) is 2.54. The fourth-order valence-corrected chi connectivity index (χ4v) is 2.17. The third-order valence-electron chi connectivity index (χ3n) is 2.89. The Morgan fingerprint density at radius 1 is 1.05 bits per heavy atom. The number of carbonyl (C=O) groups is 1. The molecule has 0 aromatic heterocycles. The Labute approximate surface area is 144 Å². The number of halogens is 2. The van der Waals surface area contributed by atoms with Gasteiger partial charge in [0, 0.05) is 15.9 Å². The Balaban J connectivity index is 0.000000287. The summed E-state index contributed by atoms with van der Waals surface area (Å²) in [5, 5.41) is 9.00. The van der Waals surface area contributed by atoms with Gasteiger partial charge in [-0.1, -0.05) is 57.9 Å². The molecule has 2 N–H and O–H groups in total. The molecular formula is C17H19BrClNO2. The van der Waals surface area contributed by atoms with Crippen LogP contribution in [0.2, 0.25) is 5.02 Å². The second-order valence-electron chi connectivity index (χ2n) is 4.66. The monoisotopic (exact) mass is 383 g/mol. The minimum atomic E-state index is -0.328. The maximum absolute atomic E-state index is 10.7. The molecule has 0 radical (unpaired) electrons. The lowest BCUT2D eigenvalue weighted by Crippen LogP contribution is -2.17. The lowest BCUT2D eigenvalue weighted by atomic mass is 10.1. The number of benzene rings is 2. The van der Waals surface area contributed by atoms with Crippen LogP contribution in [0.3, 0.4) is 0 Å². The molecule has 0 saturated carbocycles. The Kier molecular flexibility index (Phi) is 9.55. The SMILES string of the molecule is Brc1ccccc1.O=C(CCCCc1ccc(Cl)cc1)NO. The first kappa shape index (κ1) is 18.7. The van der Waals surface area contributed by atoms with E-state index in [0.29, 0.717) is 6.42 Å². The first-order valence-corrected chi connectivity index (χ1v) is 8.17. The van der Waals surface area contributed by atoms with Crippen LogP contribution in [-0.4, -0.2) is 11.1 Å². The van der Waals surface area contributed by atoms with Crippen LogP contribution in [0, 0.1) is 0 Å². The second-order valence-corrected chi connectivity index (χ2v) is 6.02. The van der Waals surface area contributed by atoms with Crippen molar-refractivity contribution < 1.29 is 10.0 Å². The molecule has 0 spiro atoms. The third-order valence-corrected chi connectivity index (χ3v) is 3.67. The van der Waals surface area contributed by atoms with E-state index in [1.165, 1.54) is 5.56 Å². The number of unbranched alkanes of at least 4 members (excludes halogenated alkanes) is 1. The highest BCUT2D eigenvalue weighted by molar-refractivity contribution is 9.10. The molecule has 0 aliphatic carbocycles. The van der Waals surface area contributed by atoms with Crippen molar-refractivity contribution in [3.63, 3.8) is 0 Å². The molecule has 0 fully saturated rings. The van der Waals surface area contributed by atoms with E-state index in [4.69, 9.17) is 16.8 Å². The smallest absolute Gasteiger partial charge is 0.243 e. The number of hydroxylamine groups is 1. The summed E-state index contributed by atoms with van der Waals surface area (Å²) < 4.78 is 1.13. The molecule has 2 aromatic rings. The van der Waals surface area contributed by atoms with E-state index < -0.39 is 0 Å². The van der Waals surface area contributed by atoms with Crippen LogP contribution in [0.1, 0.15) is 24.8 Å². The molecule has 5 heteroatoms. The Morgan fingerprint density at radius 2 is 1.68 bits per heavy atom. The van der Waals surface area contributed by atoms with Gasteiger partial charge >= 0.3 is 0 Å². The standard InChI is InChI=1S/C11H14ClNO2.C6H5Br/c12-10-7-5-9(6-8-10)3-1-2-4-11(14)13-15;7-6-4-2-1-3-5-6/h5-8,15H,1-4H2,(H,13,14);1-5H. The summed E-state index contributed by atoms with van der Waals surface area (Å²) in [7, 11) is 0. The highest BCUT2D eigenvalue weighted by Gasteiger charge is 1.99. The molecule has 0 unspecified atom stereocenters. The van der Waals surface area contributed by atoms with E-state index in [1.807, 2.05) is 54.6 Å². The number of amides is 1.